The van der Waals surface area contributed by atoms with Gasteiger partial charge in [0.25, 0.3) is 0 Å². The first-order valence-corrected chi connectivity index (χ1v) is 6.97. The third-order valence-corrected chi connectivity index (χ3v) is 3.12. The lowest BCUT2D eigenvalue weighted by atomic mass is 10.2. The van der Waals surface area contributed by atoms with Gasteiger partial charge < -0.3 is 10.4 Å². The first-order valence-electron chi connectivity index (χ1n) is 6.97. The van der Waals surface area contributed by atoms with E-state index in [9.17, 15) is 4.79 Å². The van der Waals surface area contributed by atoms with Crippen LogP contribution in [0.1, 0.15) is 18.9 Å². The molecule has 0 saturated carbocycles. The molecule has 2 aromatic rings. The first kappa shape index (κ1) is 15.1. The number of amides is 2. The predicted octanol–water partition coefficient (Wildman–Crippen LogP) is 1.82. The molecule has 1 heterocycles. The summed E-state index contributed by atoms with van der Waals surface area (Å²) in [7, 11) is 0. The minimum Gasteiger partial charge on any atom is -0.394 e. The maximum absolute atomic E-state index is 11.7. The molecule has 2 rings (SSSR count). The van der Waals surface area contributed by atoms with E-state index in [-0.39, 0.29) is 18.7 Å². The normalized spacial score (nSPS) is 11.9. The molecule has 0 spiro atoms. The van der Waals surface area contributed by atoms with E-state index in [1.165, 1.54) is 0 Å². The molecule has 0 aliphatic heterocycles. The van der Waals surface area contributed by atoms with Gasteiger partial charge in [0, 0.05) is 12.3 Å². The lowest BCUT2D eigenvalue weighted by Crippen LogP contribution is -2.39. The van der Waals surface area contributed by atoms with Crippen molar-refractivity contribution in [1.29, 1.82) is 0 Å². The van der Waals surface area contributed by atoms with Crippen LogP contribution >= 0.6 is 0 Å². The summed E-state index contributed by atoms with van der Waals surface area (Å²) >= 11 is 0. The molecule has 1 unspecified atom stereocenters. The number of rotatable bonds is 6. The number of aromatic nitrogens is 2. The van der Waals surface area contributed by atoms with E-state index in [1.807, 2.05) is 43.5 Å². The van der Waals surface area contributed by atoms with Gasteiger partial charge in [-0.25, -0.2) is 4.79 Å². The Kier molecular flexibility index (Phi) is 5.34. The molecule has 1 aromatic carbocycles. The van der Waals surface area contributed by atoms with Gasteiger partial charge in [-0.05, 0) is 12.0 Å². The van der Waals surface area contributed by atoms with E-state index >= 15 is 0 Å². The van der Waals surface area contributed by atoms with Gasteiger partial charge >= 0.3 is 6.03 Å². The number of urea groups is 1. The maximum atomic E-state index is 11.7. The molecule has 0 saturated heterocycles. The number of benzene rings is 1. The summed E-state index contributed by atoms with van der Waals surface area (Å²) in [6.07, 6.45) is 2.48. The van der Waals surface area contributed by atoms with E-state index in [0.717, 1.165) is 5.56 Å². The third kappa shape index (κ3) is 4.61. The van der Waals surface area contributed by atoms with Gasteiger partial charge in [0.05, 0.1) is 19.2 Å². The zero-order valence-electron chi connectivity index (χ0n) is 12.0. The Bertz CT molecular complexity index is 564. The van der Waals surface area contributed by atoms with Gasteiger partial charge in [-0.15, -0.1) is 0 Å². The molecule has 1 aromatic heterocycles. The Balaban J connectivity index is 1.89. The fraction of sp³-hybridized carbons (Fsp3) is 0.333. The van der Waals surface area contributed by atoms with Crippen molar-refractivity contribution >= 4 is 11.8 Å². The third-order valence-electron chi connectivity index (χ3n) is 3.12. The molecule has 0 radical (unpaired) electrons. The van der Waals surface area contributed by atoms with Crippen molar-refractivity contribution in [2.75, 3.05) is 11.9 Å². The minimum absolute atomic E-state index is 0.0770. The predicted molar refractivity (Wildman–Crippen MR) is 81.1 cm³/mol. The average Bonchev–Trinajstić information content (AvgIpc) is 2.92. The highest BCUT2D eigenvalue weighted by Crippen LogP contribution is 2.06. The van der Waals surface area contributed by atoms with Gasteiger partial charge in [0.1, 0.15) is 0 Å². The molecule has 2 amide bonds. The molecular weight excluding hydrogens is 268 g/mol. The van der Waals surface area contributed by atoms with Crippen molar-refractivity contribution in [3.63, 3.8) is 0 Å². The lowest BCUT2D eigenvalue weighted by molar-refractivity contribution is 0.222. The summed E-state index contributed by atoms with van der Waals surface area (Å²) < 4.78 is 1.76. The summed E-state index contributed by atoms with van der Waals surface area (Å²) in [4.78, 5) is 11.7. The maximum Gasteiger partial charge on any atom is 0.320 e. The Morgan fingerprint density at radius 3 is 2.76 bits per heavy atom. The summed E-state index contributed by atoms with van der Waals surface area (Å²) in [5.74, 6) is 0.483. The first-order chi connectivity index (χ1) is 10.2. The van der Waals surface area contributed by atoms with Crippen LogP contribution in [0.25, 0.3) is 0 Å². The van der Waals surface area contributed by atoms with Gasteiger partial charge in [0.15, 0.2) is 5.82 Å². The second-order valence-electron chi connectivity index (χ2n) is 4.77. The minimum atomic E-state index is -0.360. The number of nitrogens with zero attached hydrogens (tertiary/aromatic N) is 2. The molecule has 6 heteroatoms. The second-order valence-corrected chi connectivity index (χ2v) is 4.77. The molecule has 6 nitrogen and oxygen atoms in total. The Labute approximate surface area is 123 Å². The number of hydrogen-bond acceptors (Lipinski definition) is 3. The number of aliphatic hydroxyl groups excluding tert-OH is 1. The topological polar surface area (TPSA) is 79.2 Å². The van der Waals surface area contributed by atoms with Gasteiger partial charge in [-0.2, -0.15) is 5.10 Å². The Hall–Kier alpha value is -2.34. The molecule has 3 N–H and O–H groups in total. The van der Waals surface area contributed by atoms with Crippen molar-refractivity contribution in [3.05, 3.63) is 48.2 Å². The largest absolute Gasteiger partial charge is 0.394 e. The van der Waals surface area contributed by atoms with Crippen LogP contribution in [0.4, 0.5) is 10.6 Å². The number of carbonyl (C=O) groups is 1. The molecule has 0 bridgehead atoms. The number of hydrogen-bond donors (Lipinski definition) is 3. The smallest absolute Gasteiger partial charge is 0.320 e. The highest BCUT2D eigenvalue weighted by Gasteiger charge is 2.10. The van der Waals surface area contributed by atoms with Crippen LogP contribution in [0.5, 0.6) is 0 Å². The van der Waals surface area contributed by atoms with E-state index in [1.54, 1.807) is 10.7 Å². The zero-order chi connectivity index (χ0) is 15.1. The fourth-order valence-electron chi connectivity index (χ4n) is 1.90. The standard InChI is InChI=1S/C15H20N4O2/c1-2-13(11-20)16-15(21)17-14-8-9-19(18-14)10-12-6-4-3-5-7-12/h3-9,13,20H,2,10-11H2,1H3,(H2,16,17,18,21). The molecule has 112 valence electrons. The quantitative estimate of drug-likeness (QED) is 0.758. The molecule has 0 aliphatic rings. The highest BCUT2D eigenvalue weighted by atomic mass is 16.3. The number of anilines is 1. The van der Waals surface area contributed by atoms with E-state index in [0.29, 0.717) is 18.8 Å². The monoisotopic (exact) mass is 288 g/mol. The number of aliphatic hydroxyl groups is 1. The molecular formula is C15H20N4O2. The van der Waals surface area contributed by atoms with Crippen molar-refractivity contribution in [2.45, 2.75) is 25.9 Å². The fourth-order valence-corrected chi connectivity index (χ4v) is 1.90. The van der Waals surface area contributed by atoms with Crippen molar-refractivity contribution in [1.82, 2.24) is 15.1 Å². The summed E-state index contributed by atoms with van der Waals surface area (Å²) in [5.41, 5.74) is 1.14. The van der Waals surface area contributed by atoms with Crippen molar-refractivity contribution < 1.29 is 9.90 Å². The molecule has 0 aliphatic carbocycles. The van der Waals surface area contributed by atoms with Crippen LogP contribution in [0.3, 0.4) is 0 Å². The van der Waals surface area contributed by atoms with Crippen molar-refractivity contribution in [2.24, 2.45) is 0 Å². The van der Waals surface area contributed by atoms with Crippen LogP contribution in [0.15, 0.2) is 42.6 Å². The molecule has 0 fully saturated rings. The van der Waals surface area contributed by atoms with Gasteiger partial charge in [0.2, 0.25) is 0 Å². The van der Waals surface area contributed by atoms with E-state index in [2.05, 4.69) is 15.7 Å². The Morgan fingerprint density at radius 1 is 1.33 bits per heavy atom. The van der Waals surface area contributed by atoms with Crippen LogP contribution in [-0.2, 0) is 6.54 Å². The van der Waals surface area contributed by atoms with Crippen LogP contribution < -0.4 is 10.6 Å². The highest BCUT2D eigenvalue weighted by molar-refractivity contribution is 5.88. The molecule has 1 atom stereocenters. The van der Waals surface area contributed by atoms with Crippen molar-refractivity contribution in [3.8, 4) is 0 Å². The number of carbonyl (C=O) groups excluding carboxylic acids is 1. The SMILES string of the molecule is CCC(CO)NC(=O)Nc1ccn(Cc2ccccc2)n1. The summed E-state index contributed by atoms with van der Waals surface area (Å²) in [6.45, 7) is 2.47. The zero-order valence-corrected chi connectivity index (χ0v) is 12.0. The average molecular weight is 288 g/mol. The van der Waals surface area contributed by atoms with Gasteiger partial charge in [-0.1, -0.05) is 37.3 Å². The molecule has 21 heavy (non-hydrogen) atoms. The van der Waals surface area contributed by atoms with Crippen LogP contribution in [-0.4, -0.2) is 33.6 Å². The summed E-state index contributed by atoms with van der Waals surface area (Å²) in [6, 6.07) is 11.1. The van der Waals surface area contributed by atoms with Gasteiger partial charge in [-0.3, -0.25) is 10.00 Å². The summed E-state index contributed by atoms with van der Waals surface area (Å²) in [5, 5.41) is 18.7. The van der Waals surface area contributed by atoms with Crippen LogP contribution in [0.2, 0.25) is 0 Å². The van der Waals surface area contributed by atoms with Crippen LogP contribution in [0, 0.1) is 0 Å². The lowest BCUT2D eigenvalue weighted by Gasteiger charge is -2.13. The van der Waals surface area contributed by atoms with E-state index < -0.39 is 0 Å². The number of nitrogens with one attached hydrogen (secondary N) is 2. The Morgan fingerprint density at radius 2 is 2.10 bits per heavy atom. The second kappa shape index (κ2) is 7.44. The van der Waals surface area contributed by atoms with E-state index in [4.69, 9.17) is 5.11 Å².